The highest BCUT2D eigenvalue weighted by atomic mass is 15.2. The number of benzene rings is 5. The zero-order valence-corrected chi connectivity index (χ0v) is 33.1. The van der Waals surface area contributed by atoms with Crippen molar-refractivity contribution in [2.75, 3.05) is 9.80 Å². The molecule has 1 atom stereocenters. The van der Waals surface area contributed by atoms with Gasteiger partial charge in [-0.25, -0.2) is 0 Å². The van der Waals surface area contributed by atoms with Gasteiger partial charge in [0.25, 0.3) is 6.71 Å². The van der Waals surface area contributed by atoms with Gasteiger partial charge in [-0.15, -0.1) is 0 Å². The molecule has 2 heterocycles. The van der Waals surface area contributed by atoms with Gasteiger partial charge >= 0.3 is 0 Å². The molecule has 0 radical (unpaired) electrons. The van der Waals surface area contributed by atoms with Crippen LogP contribution in [0.2, 0.25) is 0 Å². The predicted molar refractivity (Wildman–Crippen MR) is 231 cm³/mol. The second kappa shape index (κ2) is 11.9. The maximum atomic E-state index is 2.68. The van der Waals surface area contributed by atoms with E-state index in [1.54, 1.807) is 0 Å². The largest absolute Gasteiger partial charge is 0.315 e. The quantitative estimate of drug-likeness (QED) is 0.167. The number of hydrogen-bond acceptors (Lipinski definition) is 2. The molecule has 0 saturated carbocycles. The molecule has 0 aromatic heterocycles. The lowest BCUT2D eigenvalue weighted by Crippen LogP contribution is -2.62. The Morgan fingerprint density at radius 2 is 1.26 bits per heavy atom. The molecule has 9 rings (SSSR count). The second-order valence-electron chi connectivity index (χ2n) is 19.0. The minimum atomic E-state index is -0.0233. The standard InChI is InChI=1S/C50H53BN2/c1-48(2,3)34-22-26-36(27-23-34)52-42-28-24-35(49(4,5)6)30-41(42)51-46-39-18-13-12-17-38(39)40(50(7,8)9)31-45(46)53(44-20-14-19-43(52)47(44)51)37-25-21-32-15-10-11-16-33(32)29-37/h10,12-15,17-28,30-31,33H,11,16,29H2,1-9H3. The Morgan fingerprint density at radius 1 is 0.585 bits per heavy atom. The summed E-state index contributed by atoms with van der Waals surface area (Å²) >= 11 is 0. The Bertz CT molecular complexity index is 2390. The topological polar surface area (TPSA) is 6.48 Å². The summed E-state index contributed by atoms with van der Waals surface area (Å²) in [5.74, 6) is 0.552. The lowest BCUT2D eigenvalue weighted by atomic mass is 9.32. The lowest BCUT2D eigenvalue weighted by Gasteiger charge is -2.46. The van der Waals surface area contributed by atoms with Gasteiger partial charge in [-0.2, -0.15) is 0 Å². The van der Waals surface area contributed by atoms with Crippen molar-refractivity contribution in [2.45, 2.75) is 97.8 Å². The van der Waals surface area contributed by atoms with Crippen LogP contribution in [0, 0.1) is 5.92 Å². The molecule has 2 aliphatic heterocycles. The van der Waals surface area contributed by atoms with Crippen molar-refractivity contribution in [1.82, 2.24) is 0 Å². The zero-order valence-electron chi connectivity index (χ0n) is 33.1. The van der Waals surface area contributed by atoms with E-state index in [9.17, 15) is 0 Å². The number of fused-ring (bicyclic) bond motifs is 7. The smallest absolute Gasteiger partial charge is 0.252 e. The molecule has 0 spiro atoms. The van der Waals surface area contributed by atoms with Crippen molar-refractivity contribution < 1.29 is 0 Å². The van der Waals surface area contributed by atoms with Gasteiger partial charge in [0.2, 0.25) is 0 Å². The van der Waals surface area contributed by atoms with E-state index >= 15 is 0 Å². The summed E-state index contributed by atoms with van der Waals surface area (Å²) in [5.41, 5.74) is 17.7. The molecular weight excluding hydrogens is 639 g/mol. The van der Waals surface area contributed by atoms with Gasteiger partial charge < -0.3 is 9.80 Å². The van der Waals surface area contributed by atoms with Crippen LogP contribution in [0.3, 0.4) is 0 Å². The number of rotatable bonds is 2. The molecule has 5 aromatic carbocycles. The van der Waals surface area contributed by atoms with Gasteiger partial charge in [0.05, 0.1) is 0 Å². The highest BCUT2D eigenvalue weighted by Crippen LogP contribution is 2.47. The zero-order chi connectivity index (χ0) is 37.0. The molecule has 3 heteroatoms. The lowest BCUT2D eigenvalue weighted by molar-refractivity contribution is 0.547. The summed E-state index contributed by atoms with van der Waals surface area (Å²) in [6.07, 6.45) is 13.0. The van der Waals surface area contributed by atoms with E-state index in [2.05, 4.69) is 187 Å². The number of hydrogen-bond donors (Lipinski definition) is 0. The fraction of sp³-hybridized carbons (Fsp3) is 0.320. The van der Waals surface area contributed by atoms with E-state index in [4.69, 9.17) is 0 Å². The van der Waals surface area contributed by atoms with Gasteiger partial charge in [-0.1, -0.05) is 135 Å². The fourth-order valence-corrected chi connectivity index (χ4v) is 9.50. The molecule has 1 unspecified atom stereocenters. The summed E-state index contributed by atoms with van der Waals surface area (Å²) in [6, 6.07) is 35.6. The number of allylic oxidation sites excluding steroid dienone is 6. The molecular formula is C50H53BN2. The Balaban J connectivity index is 1.38. The minimum Gasteiger partial charge on any atom is -0.315 e. The van der Waals surface area contributed by atoms with Gasteiger partial charge in [-0.05, 0) is 133 Å². The maximum Gasteiger partial charge on any atom is 0.252 e. The Labute approximate surface area is 318 Å². The third kappa shape index (κ3) is 5.45. The first-order chi connectivity index (χ1) is 25.2. The molecule has 4 aliphatic rings. The van der Waals surface area contributed by atoms with Gasteiger partial charge in [0.1, 0.15) is 0 Å². The van der Waals surface area contributed by atoms with Gasteiger partial charge in [-0.3, -0.25) is 0 Å². The Hall–Kier alpha value is -4.76. The summed E-state index contributed by atoms with van der Waals surface area (Å²) in [6.45, 7) is 21.1. The first-order valence-electron chi connectivity index (χ1n) is 19.8. The summed E-state index contributed by atoms with van der Waals surface area (Å²) in [7, 11) is 0. The van der Waals surface area contributed by atoms with Crippen LogP contribution < -0.4 is 26.2 Å². The summed E-state index contributed by atoms with van der Waals surface area (Å²) in [5, 5.41) is 2.74. The van der Waals surface area contributed by atoms with E-state index in [1.807, 2.05) is 0 Å². The van der Waals surface area contributed by atoms with E-state index in [0.29, 0.717) is 5.92 Å². The Morgan fingerprint density at radius 3 is 1.96 bits per heavy atom. The van der Waals surface area contributed by atoms with E-state index < -0.39 is 0 Å². The highest BCUT2D eigenvalue weighted by molar-refractivity contribution is 7.01. The van der Waals surface area contributed by atoms with Gasteiger partial charge in [0, 0.05) is 34.1 Å². The molecule has 266 valence electrons. The molecule has 0 saturated heterocycles. The molecule has 5 aromatic rings. The van der Waals surface area contributed by atoms with Crippen molar-refractivity contribution in [3.05, 3.63) is 143 Å². The molecule has 53 heavy (non-hydrogen) atoms. The number of anilines is 5. The molecule has 0 amide bonds. The van der Waals surface area contributed by atoms with Crippen LogP contribution in [0.25, 0.3) is 10.8 Å². The summed E-state index contributed by atoms with van der Waals surface area (Å²) < 4.78 is 0. The second-order valence-corrected chi connectivity index (χ2v) is 19.0. The van der Waals surface area contributed by atoms with Crippen molar-refractivity contribution in [3.63, 3.8) is 0 Å². The molecule has 0 N–H and O–H groups in total. The first-order valence-corrected chi connectivity index (χ1v) is 19.8. The number of nitrogens with zero attached hydrogens (tertiary/aromatic N) is 2. The normalized spacial score (nSPS) is 17.9. The van der Waals surface area contributed by atoms with E-state index in [1.165, 1.54) is 90.0 Å². The van der Waals surface area contributed by atoms with Crippen LogP contribution in [-0.2, 0) is 16.2 Å². The van der Waals surface area contributed by atoms with Crippen LogP contribution in [0.1, 0.15) is 98.3 Å². The highest BCUT2D eigenvalue weighted by Gasteiger charge is 2.45. The van der Waals surface area contributed by atoms with Gasteiger partial charge in [0.15, 0.2) is 0 Å². The van der Waals surface area contributed by atoms with Crippen LogP contribution in [0.5, 0.6) is 0 Å². The molecule has 2 nitrogen and oxygen atoms in total. The van der Waals surface area contributed by atoms with Crippen molar-refractivity contribution in [2.24, 2.45) is 5.92 Å². The van der Waals surface area contributed by atoms with Crippen LogP contribution in [0.4, 0.5) is 28.4 Å². The third-order valence-electron chi connectivity index (χ3n) is 12.3. The molecule has 0 bridgehead atoms. The van der Waals surface area contributed by atoms with Crippen LogP contribution in [-0.4, -0.2) is 6.71 Å². The first kappa shape index (κ1) is 34.0. The van der Waals surface area contributed by atoms with Crippen molar-refractivity contribution in [3.8, 4) is 0 Å². The SMILES string of the molecule is CC(C)(C)c1ccc(N2c3ccc(C(C)(C)C)cc3B3c4c(cccc42)N(C2=CC=C4C=CCCC4C2)c2cc(C(C)(C)C)c4ccccc4c23)cc1. The van der Waals surface area contributed by atoms with Crippen LogP contribution in [0.15, 0.2) is 127 Å². The maximum absolute atomic E-state index is 2.68. The minimum absolute atomic E-state index is 0.0150. The average Bonchev–Trinajstić information content (AvgIpc) is 3.13. The fourth-order valence-electron chi connectivity index (χ4n) is 9.50. The van der Waals surface area contributed by atoms with Crippen LogP contribution >= 0.6 is 0 Å². The third-order valence-corrected chi connectivity index (χ3v) is 12.3. The average molecular weight is 693 g/mol. The van der Waals surface area contributed by atoms with E-state index in [-0.39, 0.29) is 23.0 Å². The van der Waals surface area contributed by atoms with Crippen molar-refractivity contribution >= 4 is 62.3 Å². The monoisotopic (exact) mass is 692 g/mol. The molecule has 2 aliphatic carbocycles. The Kier molecular flexibility index (Phi) is 7.63. The predicted octanol–water partition coefficient (Wildman–Crippen LogP) is 11.7. The summed E-state index contributed by atoms with van der Waals surface area (Å²) in [4.78, 5) is 5.23. The van der Waals surface area contributed by atoms with E-state index in [0.717, 1.165) is 12.8 Å². The van der Waals surface area contributed by atoms with Crippen molar-refractivity contribution in [1.29, 1.82) is 0 Å². The molecule has 0 fully saturated rings.